The van der Waals surface area contributed by atoms with E-state index in [1.807, 2.05) is 13.8 Å². The van der Waals surface area contributed by atoms with Gasteiger partial charge in [-0.15, -0.1) is 0 Å². The Morgan fingerprint density at radius 2 is 1.88 bits per heavy atom. The van der Waals surface area contributed by atoms with Crippen molar-refractivity contribution in [1.29, 1.82) is 0 Å². The zero-order valence-corrected chi connectivity index (χ0v) is 15.3. The maximum atomic E-state index is 12.0. The van der Waals surface area contributed by atoms with Crippen molar-refractivity contribution in [3.8, 4) is 17.2 Å². The molecule has 0 aromatic heterocycles. The summed E-state index contributed by atoms with van der Waals surface area (Å²) in [6.07, 6.45) is 1.65. The highest BCUT2D eigenvalue weighted by molar-refractivity contribution is 8.13. The highest BCUT2D eigenvalue weighted by Gasteiger charge is 2.43. The van der Waals surface area contributed by atoms with E-state index in [-0.39, 0.29) is 6.61 Å². The van der Waals surface area contributed by atoms with Crippen molar-refractivity contribution >= 4 is 17.1 Å². The Bertz CT molecular complexity index is 690. The summed E-state index contributed by atoms with van der Waals surface area (Å²) >= 11 is 0.896. The minimum absolute atomic E-state index is 0.281. The van der Waals surface area contributed by atoms with Gasteiger partial charge in [-0.3, -0.25) is 0 Å². The minimum atomic E-state index is -1.38. The Hall–Kier alpha value is -1.60. The molecular weight excluding hydrogens is 332 g/mol. The van der Waals surface area contributed by atoms with Crippen LogP contribution >= 0.6 is 11.8 Å². The van der Waals surface area contributed by atoms with E-state index in [2.05, 4.69) is 0 Å². The zero-order chi connectivity index (χ0) is 17.7. The van der Waals surface area contributed by atoms with Crippen LogP contribution in [0.1, 0.15) is 45.7 Å². The molecular formula is C17H22O6S. The lowest BCUT2D eigenvalue weighted by atomic mass is 9.86. The van der Waals surface area contributed by atoms with Crippen LogP contribution in [-0.4, -0.2) is 28.6 Å². The van der Waals surface area contributed by atoms with E-state index in [0.717, 1.165) is 35.7 Å². The molecule has 1 aromatic carbocycles. The molecule has 0 saturated heterocycles. The van der Waals surface area contributed by atoms with Gasteiger partial charge in [-0.25, -0.2) is 4.79 Å². The first-order chi connectivity index (χ1) is 11.1. The summed E-state index contributed by atoms with van der Waals surface area (Å²) in [6, 6.07) is 0. The number of carbonyl (C=O) groups excluding carboxylic acids is 1. The molecule has 6 nitrogen and oxygen atoms in total. The van der Waals surface area contributed by atoms with Gasteiger partial charge in [0.1, 0.15) is 10.6 Å². The fraction of sp³-hybridized carbons (Fsp3) is 0.588. The van der Waals surface area contributed by atoms with Crippen LogP contribution in [0.15, 0.2) is 4.90 Å². The smallest absolute Gasteiger partial charge is 0.372 e. The van der Waals surface area contributed by atoms with Gasteiger partial charge < -0.3 is 24.1 Å². The quantitative estimate of drug-likeness (QED) is 0.502. The highest BCUT2D eigenvalue weighted by Crippen LogP contribution is 2.57. The highest BCUT2D eigenvalue weighted by atomic mass is 32.2. The molecule has 24 heavy (non-hydrogen) atoms. The fourth-order valence-corrected chi connectivity index (χ4v) is 3.58. The molecule has 1 aromatic rings. The number of ether oxygens (including phenoxy) is 4. The van der Waals surface area contributed by atoms with Crippen LogP contribution < -0.4 is 14.2 Å². The summed E-state index contributed by atoms with van der Waals surface area (Å²) in [6.45, 7) is 8.75. The third-order valence-electron chi connectivity index (χ3n) is 3.65. The number of rotatable bonds is 4. The molecule has 0 fully saturated rings. The first-order valence-corrected chi connectivity index (χ1v) is 8.78. The van der Waals surface area contributed by atoms with E-state index in [0.29, 0.717) is 22.1 Å². The van der Waals surface area contributed by atoms with Crippen LogP contribution in [0.3, 0.4) is 0 Å². The van der Waals surface area contributed by atoms with Gasteiger partial charge in [0.2, 0.25) is 11.6 Å². The molecule has 0 spiro atoms. The number of hydrogen-bond donors (Lipinski definition) is 1. The van der Waals surface area contributed by atoms with E-state index in [4.69, 9.17) is 18.9 Å². The zero-order valence-electron chi connectivity index (χ0n) is 14.5. The Morgan fingerprint density at radius 3 is 2.42 bits per heavy atom. The topological polar surface area (TPSA) is 74.2 Å². The molecule has 1 heterocycles. The lowest BCUT2D eigenvalue weighted by molar-refractivity contribution is -0.107. The molecule has 132 valence electrons. The third-order valence-corrected chi connectivity index (χ3v) is 4.51. The van der Waals surface area contributed by atoms with Crippen LogP contribution in [0.4, 0.5) is 4.79 Å². The third kappa shape index (κ3) is 3.15. The molecule has 1 N–H and O–H groups in total. The number of fused-ring (bicyclic) bond motifs is 3. The van der Waals surface area contributed by atoms with Crippen LogP contribution in [0.2, 0.25) is 0 Å². The largest absolute Gasteiger partial charge is 0.462 e. The molecule has 1 aliphatic carbocycles. The molecule has 0 atom stereocenters. The Balaban J connectivity index is 2.11. The van der Waals surface area contributed by atoms with Crippen molar-refractivity contribution < 1.29 is 28.8 Å². The molecule has 0 unspecified atom stereocenters. The molecule has 3 rings (SSSR count). The van der Waals surface area contributed by atoms with Gasteiger partial charge in [0.15, 0.2) is 11.5 Å². The Kier molecular flexibility index (Phi) is 4.12. The van der Waals surface area contributed by atoms with Crippen molar-refractivity contribution in [2.45, 2.75) is 63.9 Å². The first kappa shape index (κ1) is 17.2. The Labute approximate surface area is 145 Å². The van der Waals surface area contributed by atoms with Crippen LogP contribution in [0, 0.1) is 0 Å². The van der Waals surface area contributed by atoms with Crippen molar-refractivity contribution in [2.24, 2.45) is 0 Å². The van der Waals surface area contributed by atoms with Gasteiger partial charge >= 0.3 is 5.30 Å². The lowest BCUT2D eigenvalue weighted by Gasteiger charge is -2.30. The number of carbonyl (C=O) groups is 1. The lowest BCUT2D eigenvalue weighted by Crippen LogP contribution is -2.30. The van der Waals surface area contributed by atoms with Gasteiger partial charge in [0, 0.05) is 50.6 Å². The van der Waals surface area contributed by atoms with Gasteiger partial charge in [-0.2, -0.15) is 0 Å². The summed E-state index contributed by atoms with van der Waals surface area (Å²) in [7, 11) is 0. The van der Waals surface area contributed by atoms with Gasteiger partial charge in [0.05, 0.1) is 6.61 Å². The van der Waals surface area contributed by atoms with E-state index < -0.39 is 16.9 Å². The predicted molar refractivity (Wildman–Crippen MR) is 89.0 cm³/mol. The molecule has 0 radical (unpaired) electrons. The van der Waals surface area contributed by atoms with E-state index in [1.165, 1.54) is 0 Å². The summed E-state index contributed by atoms with van der Waals surface area (Å²) in [5.41, 5.74) is 1.96. The van der Waals surface area contributed by atoms with Crippen LogP contribution in [0.5, 0.6) is 17.2 Å². The molecule has 2 aliphatic rings. The number of hydrogen-bond acceptors (Lipinski definition) is 7. The normalized spacial score (nSPS) is 17.1. The second kappa shape index (κ2) is 5.74. The Morgan fingerprint density at radius 1 is 1.25 bits per heavy atom. The van der Waals surface area contributed by atoms with Crippen LogP contribution in [-0.2, 0) is 17.6 Å². The van der Waals surface area contributed by atoms with Gasteiger partial charge in [-0.1, -0.05) is 0 Å². The average Bonchev–Trinajstić information content (AvgIpc) is 2.67. The number of thioether (sulfide) groups is 1. The van der Waals surface area contributed by atoms with Gasteiger partial charge in [0.25, 0.3) is 0 Å². The van der Waals surface area contributed by atoms with Crippen molar-refractivity contribution in [1.82, 2.24) is 0 Å². The standard InChI is InChI=1S/C17H22O6S/c1-6-20-15(18)24-14-12(21-16(2,3)19)10-8-7-9(10)11-13(14)23-17(4,5)22-11/h19H,6-8H2,1-5H3. The summed E-state index contributed by atoms with van der Waals surface area (Å²) in [5, 5.41) is 9.65. The van der Waals surface area contributed by atoms with E-state index in [9.17, 15) is 9.90 Å². The summed E-state index contributed by atoms with van der Waals surface area (Å²) < 4.78 is 22.6. The van der Waals surface area contributed by atoms with E-state index in [1.54, 1.807) is 20.8 Å². The SMILES string of the molecule is CCOC(=O)Sc1c(OC(C)(C)O)c2c(c3c1OC(C)(C)O3)CC2. The monoisotopic (exact) mass is 354 g/mol. The fourth-order valence-electron chi connectivity index (χ4n) is 2.75. The minimum Gasteiger partial charge on any atom is -0.462 e. The van der Waals surface area contributed by atoms with Crippen LogP contribution in [0.25, 0.3) is 0 Å². The summed E-state index contributed by atoms with van der Waals surface area (Å²) in [4.78, 5) is 12.5. The molecule has 0 bridgehead atoms. The molecule has 7 heteroatoms. The maximum Gasteiger partial charge on any atom is 0.372 e. The predicted octanol–water partition coefficient (Wildman–Crippen LogP) is 3.65. The molecule has 1 aliphatic heterocycles. The second-order valence-corrected chi connectivity index (χ2v) is 7.66. The van der Waals surface area contributed by atoms with Crippen molar-refractivity contribution in [3.63, 3.8) is 0 Å². The summed E-state index contributed by atoms with van der Waals surface area (Å²) in [5.74, 6) is -0.576. The van der Waals surface area contributed by atoms with E-state index >= 15 is 0 Å². The molecule has 0 saturated carbocycles. The maximum absolute atomic E-state index is 12.0. The molecule has 0 amide bonds. The van der Waals surface area contributed by atoms with Crippen molar-refractivity contribution in [3.05, 3.63) is 11.1 Å². The van der Waals surface area contributed by atoms with Crippen molar-refractivity contribution in [2.75, 3.05) is 6.61 Å². The van der Waals surface area contributed by atoms with Gasteiger partial charge in [-0.05, 0) is 19.8 Å². The number of aliphatic hydroxyl groups is 1. The first-order valence-electron chi connectivity index (χ1n) is 7.97. The second-order valence-electron chi connectivity index (χ2n) is 6.71. The average molecular weight is 354 g/mol. The number of benzene rings is 1.